The zero-order valence-corrected chi connectivity index (χ0v) is 11.8. The van der Waals surface area contributed by atoms with Crippen LogP contribution in [0.2, 0.25) is 0 Å². The van der Waals surface area contributed by atoms with Gasteiger partial charge < -0.3 is 5.11 Å². The predicted molar refractivity (Wildman–Crippen MR) is 76.1 cm³/mol. The van der Waals surface area contributed by atoms with Gasteiger partial charge in [0, 0.05) is 0 Å². The number of anilines is 1. The maximum absolute atomic E-state index is 12.5. The lowest BCUT2D eigenvalue weighted by molar-refractivity contribution is -0.122. The summed E-state index contributed by atoms with van der Waals surface area (Å²) in [4.78, 5) is 37.6. The van der Waals surface area contributed by atoms with E-state index in [4.69, 9.17) is 0 Å². The highest BCUT2D eigenvalue weighted by atomic mass is 16.4. The van der Waals surface area contributed by atoms with Crippen molar-refractivity contribution in [3.63, 3.8) is 0 Å². The summed E-state index contributed by atoms with van der Waals surface area (Å²) >= 11 is 0. The summed E-state index contributed by atoms with van der Waals surface area (Å²) in [5.74, 6) is -2.14. The van der Waals surface area contributed by atoms with Gasteiger partial charge in [0.15, 0.2) is 0 Å². The first-order chi connectivity index (χ1) is 10.0. The third kappa shape index (κ3) is 2.13. The van der Waals surface area contributed by atoms with Gasteiger partial charge in [-0.1, -0.05) is 24.5 Å². The van der Waals surface area contributed by atoms with Crippen LogP contribution in [0.1, 0.15) is 41.6 Å². The lowest BCUT2D eigenvalue weighted by atomic mass is 9.81. The van der Waals surface area contributed by atoms with Crippen LogP contribution in [0.3, 0.4) is 0 Å². The molecule has 0 spiro atoms. The molecule has 1 aliphatic heterocycles. The summed E-state index contributed by atoms with van der Waals surface area (Å²) in [6.07, 6.45) is 3.35. The van der Waals surface area contributed by atoms with Crippen LogP contribution in [0, 0.1) is 18.8 Å². The first kappa shape index (κ1) is 13.8. The van der Waals surface area contributed by atoms with E-state index >= 15 is 0 Å². The number of hydrogen-bond donors (Lipinski definition) is 1. The number of aromatic carboxylic acids is 1. The highest BCUT2D eigenvalue weighted by Gasteiger charge is 2.49. The van der Waals surface area contributed by atoms with E-state index in [-0.39, 0.29) is 34.9 Å². The van der Waals surface area contributed by atoms with E-state index in [1.54, 1.807) is 19.1 Å². The molecule has 2 aliphatic rings. The van der Waals surface area contributed by atoms with Gasteiger partial charge >= 0.3 is 5.97 Å². The number of amides is 2. The number of carboxylic acids is 1. The zero-order valence-electron chi connectivity index (χ0n) is 11.8. The average molecular weight is 287 g/mol. The highest BCUT2D eigenvalue weighted by Crippen LogP contribution is 2.40. The first-order valence-electron chi connectivity index (χ1n) is 7.22. The number of carbonyl (C=O) groups is 3. The molecule has 1 aromatic carbocycles. The molecule has 2 fully saturated rings. The molecule has 5 heteroatoms. The lowest BCUT2D eigenvalue weighted by Gasteiger charge is -2.19. The Morgan fingerprint density at radius 3 is 2.24 bits per heavy atom. The van der Waals surface area contributed by atoms with Crippen molar-refractivity contribution in [3.05, 3.63) is 29.3 Å². The molecule has 110 valence electrons. The third-order valence-corrected chi connectivity index (χ3v) is 4.46. The van der Waals surface area contributed by atoms with Crippen LogP contribution in [-0.2, 0) is 9.59 Å². The van der Waals surface area contributed by atoms with E-state index in [1.807, 2.05) is 0 Å². The molecule has 2 amide bonds. The summed E-state index contributed by atoms with van der Waals surface area (Å²) in [5, 5.41) is 9.33. The molecule has 21 heavy (non-hydrogen) atoms. The van der Waals surface area contributed by atoms with Gasteiger partial charge in [-0.3, -0.25) is 9.59 Å². The molecular weight excluding hydrogens is 270 g/mol. The maximum atomic E-state index is 12.5. The Morgan fingerprint density at radius 1 is 1.14 bits per heavy atom. The zero-order chi connectivity index (χ0) is 15.1. The minimum atomic E-state index is -1.12. The molecule has 1 N–H and O–H groups in total. The quantitative estimate of drug-likeness (QED) is 0.847. The minimum absolute atomic E-state index is 0.00958. The van der Waals surface area contributed by atoms with Crippen LogP contribution in [0.4, 0.5) is 5.69 Å². The van der Waals surface area contributed by atoms with Gasteiger partial charge in [-0.05, 0) is 31.9 Å². The van der Waals surface area contributed by atoms with Crippen LogP contribution in [-0.4, -0.2) is 22.9 Å². The van der Waals surface area contributed by atoms with Crippen molar-refractivity contribution in [1.29, 1.82) is 0 Å². The SMILES string of the molecule is Cc1ccc(N2C(=O)C3CCCCC3C2=O)c(C(=O)O)c1. The monoisotopic (exact) mass is 287 g/mol. The molecular formula is C16H17NO4. The van der Waals surface area contributed by atoms with Crippen molar-refractivity contribution in [3.8, 4) is 0 Å². The maximum Gasteiger partial charge on any atom is 0.337 e. The topological polar surface area (TPSA) is 74.7 Å². The summed E-state index contributed by atoms with van der Waals surface area (Å²) in [6.45, 7) is 1.78. The largest absolute Gasteiger partial charge is 0.478 e. The number of benzene rings is 1. The summed E-state index contributed by atoms with van der Waals surface area (Å²) in [7, 11) is 0. The molecule has 0 radical (unpaired) electrons. The molecule has 1 saturated heterocycles. The predicted octanol–water partition coefficient (Wildman–Crippen LogP) is 2.37. The molecule has 3 rings (SSSR count). The normalized spacial score (nSPS) is 25.1. The van der Waals surface area contributed by atoms with Gasteiger partial charge in [0.25, 0.3) is 0 Å². The fourth-order valence-corrected chi connectivity index (χ4v) is 3.42. The first-order valence-corrected chi connectivity index (χ1v) is 7.22. The molecule has 1 heterocycles. The van der Waals surface area contributed by atoms with Gasteiger partial charge in [0.2, 0.25) is 11.8 Å². The third-order valence-electron chi connectivity index (χ3n) is 4.46. The smallest absolute Gasteiger partial charge is 0.337 e. The van der Waals surface area contributed by atoms with E-state index in [1.165, 1.54) is 6.07 Å². The van der Waals surface area contributed by atoms with Crippen molar-refractivity contribution in [1.82, 2.24) is 0 Å². The number of carbonyl (C=O) groups excluding carboxylic acids is 2. The number of rotatable bonds is 2. The summed E-state index contributed by atoms with van der Waals surface area (Å²) < 4.78 is 0. The average Bonchev–Trinajstić information content (AvgIpc) is 2.72. The number of carboxylic acid groups (broad SMARTS) is 1. The molecule has 0 aromatic heterocycles. The van der Waals surface area contributed by atoms with Crippen molar-refractivity contribution < 1.29 is 19.5 Å². The Bertz CT molecular complexity index is 613. The molecule has 0 bridgehead atoms. The van der Waals surface area contributed by atoms with Crippen LogP contribution in [0.15, 0.2) is 18.2 Å². The number of aryl methyl sites for hydroxylation is 1. The summed E-state index contributed by atoms with van der Waals surface area (Å²) in [5.41, 5.74) is 1.00. The van der Waals surface area contributed by atoms with E-state index in [0.717, 1.165) is 36.1 Å². The van der Waals surface area contributed by atoms with E-state index in [9.17, 15) is 19.5 Å². The van der Waals surface area contributed by atoms with Crippen molar-refractivity contribution in [2.45, 2.75) is 32.6 Å². The Morgan fingerprint density at radius 2 is 1.71 bits per heavy atom. The Balaban J connectivity index is 2.06. The van der Waals surface area contributed by atoms with Crippen LogP contribution >= 0.6 is 0 Å². The van der Waals surface area contributed by atoms with E-state index in [2.05, 4.69) is 0 Å². The fraction of sp³-hybridized carbons (Fsp3) is 0.438. The van der Waals surface area contributed by atoms with Crippen LogP contribution in [0.5, 0.6) is 0 Å². The van der Waals surface area contributed by atoms with Crippen molar-refractivity contribution in [2.24, 2.45) is 11.8 Å². The number of fused-ring (bicyclic) bond motifs is 1. The van der Waals surface area contributed by atoms with Gasteiger partial charge in [0.05, 0.1) is 23.1 Å². The van der Waals surface area contributed by atoms with Crippen LogP contribution < -0.4 is 4.90 Å². The lowest BCUT2D eigenvalue weighted by Crippen LogP contribution is -2.32. The van der Waals surface area contributed by atoms with Gasteiger partial charge in [0.1, 0.15) is 0 Å². The Kier molecular flexibility index (Phi) is 3.27. The second kappa shape index (κ2) is 4.98. The molecule has 1 aliphatic carbocycles. The standard InChI is InChI=1S/C16H17NO4/c1-9-6-7-13(12(8-9)16(20)21)17-14(18)10-4-2-3-5-11(10)15(17)19/h6-8,10-11H,2-5H2,1H3,(H,20,21). The van der Waals surface area contributed by atoms with Crippen molar-refractivity contribution >= 4 is 23.5 Å². The Labute approximate surface area is 122 Å². The molecule has 2 atom stereocenters. The fourth-order valence-electron chi connectivity index (χ4n) is 3.42. The molecule has 5 nitrogen and oxygen atoms in total. The highest BCUT2D eigenvalue weighted by molar-refractivity contribution is 6.23. The molecule has 1 aromatic rings. The Hall–Kier alpha value is -2.17. The number of imide groups is 1. The molecule has 2 unspecified atom stereocenters. The van der Waals surface area contributed by atoms with Gasteiger partial charge in [-0.25, -0.2) is 9.69 Å². The van der Waals surface area contributed by atoms with E-state index in [0.29, 0.717) is 0 Å². The number of nitrogens with zero attached hydrogens (tertiary/aromatic N) is 1. The van der Waals surface area contributed by atoms with Crippen LogP contribution in [0.25, 0.3) is 0 Å². The second-order valence-corrected chi connectivity index (χ2v) is 5.84. The number of hydrogen-bond acceptors (Lipinski definition) is 3. The minimum Gasteiger partial charge on any atom is -0.478 e. The van der Waals surface area contributed by atoms with Crippen molar-refractivity contribution in [2.75, 3.05) is 4.90 Å². The van der Waals surface area contributed by atoms with Gasteiger partial charge in [-0.15, -0.1) is 0 Å². The second-order valence-electron chi connectivity index (χ2n) is 5.84. The van der Waals surface area contributed by atoms with Gasteiger partial charge in [-0.2, -0.15) is 0 Å². The molecule has 1 saturated carbocycles. The summed E-state index contributed by atoms with van der Waals surface area (Å²) in [6, 6.07) is 4.79. The van der Waals surface area contributed by atoms with E-state index < -0.39 is 5.97 Å².